The fraction of sp³-hybridized carbons (Fsp3) is 0.167. The molecule has 0 radical (unpaired) electrons. The van der Waals surface area contributed by atoms with E-state index in [-0.39, 0.29) is 5.91 Å². The Hall–Kier alpha value is -2.10. The molecule has 82 valence electrons. The summed E-state index contributed by atoms with van der Waals surface area (Å²) < 4.78 is 4.99. The number of anilines is 1. The molecule has 0 saturated carbocycles. The first-order valence-electron chi connectivity index (χ1n) is 4.96. The second kappa shape index (κ2) is 4.18. The number of hydrogen-bond donors (Lipinski definition) is 1. The van der Waals surface area contributed by atoms with E-state index >= 15 is 0 Å². The van der Waals surface area contributed by atoms with E-state index in [9.17, 15) is 9.59 Å². The summed E-state index contributed by atoms with van der Waals surface area (Å²) in [5.74, 6) is 0.00271. The van der Waals surface area contributed by atoms with Gasteiger partial charge in [-0.3, -0.25) is 4.79 Å². The van der Waals surface area contributed by atoms with Crippen molar-refractivity contribution in [3.63, 3.8) is 0 Å². The number of hydrogen-bond acceptors (Lipinski definition) is 3. The first-order valence-corrected chi connectivity index (χ1v) is 4.96. The maximum Gasteiger partial charge on any atom is 0.335 e. The Bertz CT molecular complexity index is 465. The molecule has 4 heteroatoms. The van der Waals surface area contributed by atoms with Gasteiger partial charge in [0.15, 0.2) is 0 Å². The van der Waals surface area contributed by atoms with Gasteiger partial charge in [0.2, 0.25) is 5.91 Å². The van der Waals surface area contributed by atoms with Crippen molar-refractivity contribution >= 4 is 17.6 Å². The third-order valence-electron chi connectivity index (χ3n) is 2.36. The molecule has 0 spiro atoms. The van der Waals surface area contributed by atoms with E-state index in [4.69, 9.17) is 4.74 Å². The van der Waals surface area contributed by atoms with Crippen LogP contribution in [0.5, 0.6) is 5.75 Å². The minimum atomic E-state index is -0.486. The van der Waals surface area contributed by atoms with Gasteiger partial charge in [-0.2, -0.15) is 0 Å². The van der Waals surface area contributed by atoms with Crippen LogP contribution in [0.4, 0.5) is 5.69 Å². The molecule has 1 aliphatic heterocycles. The Morgan fingerprint density at radius 1 is 1.44 bits per heavy atom. The molecule has 1 aromatic carbocycles. The van der Waals surface area contributed by atoms with Gasteiger partial charge in [-0.25, -0.2) is 4.79 Å². The number of rotatable bonds is 2. The van der Waals surface area contributed by atoms with E-state index in [2.05, 4.69) is 11.9 Å². The van der Waals surface area contributed by atoms with Crippen molar-refractivity contribution < 1.29 is 14.3 Å². The Labute approximate surface area is 92.9 Å². The summed E-state index contributed by atoms with van der Waals surface area (Å²) in [6.07, 6.45) is 2.24. The zero-order valence-corrected chi connectivity index (χ0v) is 8.66. The first kappa shape index (κ1) is 10.4. The molecule has 1 aliphatic rings. The number of amides is 1. The lowest BCUT2D eigenvalue weighted by molar-refractivity contribution is -0.129. The van der Waals surface area contributed by atoms with Gasteiger partial charge in [-0.1, -0.05) is 6.58 Å². The molecule has 2 rings (SSSR count). The maximum atomic E-state index is 11.1. The van der Waals surface area contributed by atoms with Crippen molar-refractivity contribution in [2.45, 2.75) is 12.8 Å². The van der Waals surface area contributed by atoms with Crippen LogP contribution in [0, 0.1) is 0 Å². The molecule has 0 bridgehead atoms. The highest BCUT2D eigenvalue weighted by Crippen LogP contribution is 2.26. The summed E-state index contributed by atoms with van der Waals surface area (Å²) in [6.45, 7) is 3.32. The van der Waals surface area contributed by atoms with E-state index in [0.717, 1.165) is 17.3 Å². The lowest BCUT2D eigenvalue weighted by Crippen LogP contribution is -2.18. The predicted molar refractivity (Wildman–Crippen MR) is 59.2 cm³/mol. The van der Waals surface area contributed by atoms with Crippen LogP contribution in [0.2, 0.25) is 0 Å². The Balaban J connectivity index is 2.22. The van der Waals surface area contributed by atoms with E-state index in [1.54, 1.807) is 18.2 Å². The summed E-state index contributed by atoms with van der Waals surface area (Å²) in [6, 6.07) is 5.14. The summed E-state index contributed by atoms with van der Waals surface area (Å²) >= 11 is 0. The fourth-order valence-corrected chi connectivity index (χ4v) is 1.58. The SMILES string of the molecule is C=CC(=O)Oc1ccc2c(c1)CCC(=O)N2. The van der Waals surface area contributed by atoms with Crippen LogP contribution in [0.25, 0.3) is 0 Å². The minimum absolute atomic E-state index is 0.0170. The van der Waals surface area contributed by atoms with Crippen molar-refractivity contribution in [3.05, 3.63) is 36.4 Å². The third kappa shape index (κ3) is 2.11. The average molecular weight is 217 g/mol. The molecule has 0 saturated heterocycles. The van der Waals surface area contributed by atoms with Gasteiger partial charge >= 0.3 is 5.97 Å². The molecule has 0 fully saturated rings. The second-order valence-corrected chi connectivity index (χ2v) is 3.49. The van der Waals surface area contributed by atoms with Crippen molar-refractivity contribution in [3.8, 4) is 5.75 Å². The number of aryl methyl sites for hydroxylation is 1. The number of carbonyl (C=O) groups excluding carboxylic acids is 2. The Kier molecular flexibility index (Phi) is 2.72. The minimum Gasteiger partial charge on any atom is -0.423 e. The largest absolute Gasteiger partial charge is 0.423 e. The third-order valence-corrected chi connectivity index (χ3v) is 2.36. The Morgan fingerprint density at radius 2 is 2.25 bits per heavy atom. The molecular weight excluding hydrogens is 206 g/mol. The monoisotopic (exact) mass is 217 g/mol. The smallest absolute Gasteiger partial charge is 0.335 e. The van der Waals surface area contributed by atoms with Crippen molar-refractivity contribution in [1.29, 1.82) is 0 Å². The van der Waals surface area contributed by atoms with Gasteiger partial charge in [-0.15, -0.1) is 0 Å². The van der Waals surface area contributed by atoms with Crippen molar-refractivity contribution in [1.82, 2.24) is 0 Å². The molecule has 1 heterocycles. The summed E-state index contributed by atoms with van der Waals surface area (Å²) in [5, 5.41) is 2.75. The van der Waals surface area contributed by atoms with Crippen LogP contribution >= 0.6 is 0 Å². The number of benzene rings is 1. The summed E-state index contributed by atoms with van der Waals surface area (Å²) in [7, 11) is 0. The van der Waals surface area contributed by atoms with Crippen LogP contribution in [-0.2, 0) is 16.0 Å². The standard InChI is InChI=1S/C12H11NO3/c1-2-12(15)16-9-4-5-10-8(7-9)3-6-11(14)13-10/h2,4-5,7H,1,3,6H2,(H,13,14). The fourth-order valence-electron chi connectivity index (χ4n) is 1.58. The lowest BCUT2D eigenvalue weighted by atomic mass is 10.0. The zero-order chi connectivity index (χ0) is 11.5. The van der Waals surface area contributed by atoms with Gasteiger partial charge in [0, 0.05) is 18.2 Å². The van der Waals surface area contributed by atoms with E-state index in [1.807, 2.05) is 0 Å². The molecule has 4 nitrogen and oxygen atoms in total. The summed E-state index contributed by atoms with van der Waals surface area (Å²) in [4.78, 5) is 22.1. The molecule has 0 unspecified atom stereocenters. The second-order valence-electron chi connectivity index (χ2n) is 3.49. The zero-order valence-electron chi connectivity index (χ0n) is 8.66. The summed E-state index contributed by atoms with van der Waals surface area (Å²) in [5.41, 5.74) is 1.77. The van der Waals surface area contributed by atoms with Gasteiger partial charge < -0.3 is 10.1 Å². The van der Waals surface area contributed by atoms with E-state index < -0.39 is 5.97 Å². The highest BCUT2D eigenvalue weighted by molar-refractivity contribution is 5.94. The van der Waals surface area contributed by atoms with Crippen LogP contribution in [-0.4, -0.2) is 11.9 Å². The quantitative estimate of drug-likeness (QED) is 0.465. The van der Waals surface area contributed by atoms with Crippen LogP contribution in [0.15, 0.2) is 30.9 Å². The molecular formula is C12H11NO3. The molecule has 0 atom stereocenters. The predicted octanol–water partition coefficient (Wildman–Crippen LogP) is 1.66. The number of esters is 1. The van der Waals surface area contributed by atoms with Crippen LogP contribution in [0.1, 0.15) is 12.0 Å². The maximum absolute atomic E-state index is 11.1. The molecule has 1 aromatic rings. The van der Waals surface area contributed by atoms with Crippen molar-refractivity contribution in [2.75, 3.05) is 5.32 Å². The Morgan fingerprint density at radius 3 is 3.00 bits per heavy atom. The van der Waals surface area contributed by atoms with Gasteiger partial charge in [0.1, 0.15) is 5.75 Å². The number of carbonyl (C=O) groups is 2. The molecule has 0 aromatic heterocycles. The highest BCUT2D eigenvalue weighted by Gasteiger charge is 2.15. The first-order chi connectivity index (χ1) is 7.69. The average Bonchev–Trinajstić information content (AvgIpc) is 2.29. The van der Waals surface area contributed by atoms with Gasteiger partial charge in [-0.05, 0) is 30.2 Å². The van der Waals surface area contributed by atoms with Crippen molar-refractivity contribution in [2.24, 2.45) is 0 Å². The van der Waals surface area contributed by atoms with E-state index in [1.165, 1.54) is 0 Å². The normalized spacial score (nSPS) is 13.6. The van der Waals surface area contributed by atoms with Crippen LogP contribution in [0.3, 0.4) is 0 Å². The highest BCUT2D eigenvalue weighted by atomic mass is 16.5. The van der Waals surface area contributed by atoms with Crippen LogP contribution < -0.4 is 10.1 Å². The topological polar surface area (TPSA) is 55.4 Å². The van der Waals surface area contributed by atoms with Gasteiger partial charge in [0.05, 0.1) is 0 Å². The number of fused-ring (bicyclic) bond motifs is 1. The molecule has 1 N–H and O–H groups in total. The number of nitrogens with one attached hydrogen (secondary N) is 1. The van der Waals surface area contributed by atoms with E-state index in [0.29, 0.717) is 18.6 Å². The molecule has 16 heavy (non-hydrogen) atoms. The molecule has 1 amide bonds. The number of ether oxygens (including phenoxy) is 1. The molecule has 0 aliphatic carbocycles. The lowest BCUT2D eigenvalue weighted by Gasteiger charge is -2.17. The van der Waals surface area contributed by atoms with Gasteiger partial charge in [0.25, 0.3) is 0 Å².